The molecule has 0 radical (unpaired) electrons. The second-order valence-electron chi connectivity index (χ2n) is 14.4. The van der Waals surface area contributed by atoms with Crippen molar-refractivity contribution in [2.75, 3.05) is 15.6 Å². The van der Waals surface area contributed by atoms with E-state index in [1.54, 1.807) is 0 Å². The Morgan fingerprint density at radius 2 is 0.683 bits per heavy atom. The zero-order valence-electron chi connectivity index (χ0n) is 35.5. The van der Waals surface area contributed by atoms with Gasteiger partial charge in [-0.3, -0.25) is 0 Å². The van der Waals surface area contributed by atoms with E-state index < -0.39 is 0 Å². The van der Waals surface area contributed by atoms with E-state index in [2.05, 4.69) is 245 Å². The van der Waals surface area contributed by atoms with Crippen molar-refractivity contribution in [3.05, 3.63) is 259 Å². The molecule has 0 saturated carbocycles. The summed E-state index contributed by atoms with van der Waals surface area (Å²) in [6.07, 6.45) is 0.963. The predicted molar refractivity (Wildman–Crippen MR) is 295 cm³/mol. The van der Waals surface area contributed by atoms with Crippen LogP contribution in [0.4, 0.5) is 5.69 Å². The standard InChI is InChI=1S/C29H22.C22H15Cl.C6H7N.2CH3I/c1-3-9-22(10-4-1)21-23-15-17-25(18-16-23)28-20-19-24-11-7-8-14-27(24)29(28)26-12-5-2-6-13-26;23-19-13-10-17(11-14-19)21-15-12-16-6-4-5-9-20(16)22(21)18-7-2-1-3-8-18;7-6-4-2-1-3-5-6;2*1-2/h1-20H,21H2;1-15H;1-5H,7H2;2*1H3. The molecule has 10 aromatic carbocycles. The molecule has 0 aliphatic rings. The molecule has 10 rings (SSSR count). The molecule has 0 unspecified atom stereocenters. The molecule has 0 amide bonds. The van der Waals surface area contributed by atoms with E-state index >= 15 is 0 Å². The molecule has 0 aliphatic heterocycles. The Balaban J connectivity index is 0.000000173. The van der Waals surface area contributed by atoms with Crippen LogP contribution in [-0.4, -0.2) is 9.86 Å². The van der Waals surface area contributed by atoms with E-state index in [9.17, 15) is 0 Å². The molecule has 0 fully saturated rings. The molecule has 4 heteroatoms. The van der Waals surface area contributed by atoms with Crippen molar-refractivity contribution in [2.24, 2.45) is 0 Å². The van der Waals surface area contributed by atoms with Crippen LogP contribution in [0.5, 0.6) is 0 Å². The van der Waals surface area contributed by atoms with Gasteiger partial charge in [0.15, 0.2) is 0 Å². The van der Waals surface area contributed by atoms with Crippen LogP contribution in [-0.2, 0) is 6.42 Å². The van der Waals surface area contributed by atoms with Crippen molar-refractivity contribution in [3.63, 3.8) is 0 Å². The van der Waals surface area contributed by atoms with Crippen LogP contribution < -0.4 is 5.73 Å². The van der Waals surface area contributed by atoms with Gasteiger partial charge in [-0.15, -0.1) is 0 Å². The van der Waals surface area contributed by atoms with Crippen LogP contribution in [0, 0.1) is 0 Å². The van der Waals surface area contributed by atoms with E-state index in [-0.39, 0.29) is 0 Å². The summed E-state index contributed by atoms with van der Waals surface area (Å²) in [7, 11) is 0. The van der Waals surface area contributed by atoms with Crippen molar-refractivity contribution in [1.82, 2.24) is 0 Å². The van der Waals surface area contributed by atoms with E-state index in [4.69, 9.17) is 17.3 Å². The van der Waals surface area contributed by atoms with Gasteiger partial charge in [-0.05, 0) is 118 Å². The van der Waals surface area contributed by atoms with Gasteiger partial charge >= 0.3 is 0 Å². The van der Waals surface area contributed by atoms with Gasteiger partial charge in [0.05, 0.1) is 0 Å². The Morgan fingerprint density at radius 3 is 1.10 bits per heavy atom. The fourth-order valence-corrected chi connectivity index (χ4v) is 7.70. The summed E-state index contributed by atoms with van der Waals surface area (Å²) in [4.78, 5) is 3.94. The maximum absolute atomic E-state index is 6.05. The molecule has 0 atom stereocenters. The van der Waals surface area contributed by atoms with Crippen molar-refractivity contribution in [2.45, 2.75) is 6.42 Å². The predicted octanol–water partition coefficient (Wildman–Crippen LogP) is 18.0. The molecule has 0 saturated heterocycles. The van der Waals surface area contributed by atoms with E-state index in [0.29, 0.717) is 0 Å². The second-order valence-corrected chi connectivity index (χ2v) is 14.9. The third kappa shape index (κ3) is 12.7. The van der Waals surface area contributed by atoms with Crippen molar-refractivity contribution in [1.29, 1.82) is 0 Å². The maximum atomic E-state index is 6.05. The maximum Gasteiger partial charge on any atom is 0.0406 e. The molecule has 0 bridgehead atoms. The topological polar surface area (TPSA) is 26.0 Å². The average Bonchev–Trinajstić information content (AvgIpc) is 3.36. The Bertz CT molecular complexity index is 2880. The molecule has 312 valence electrons. The van der Waals surface area contributed by atoms with Crippen LogP contribution in [0.25, 0.3) is 66.1 Å². The lowest BCUT2D eigenvalue weighted by atomic mass is 9.89. The highest BCUT2D eigenvalue weighted by molar-refractivity contribution is 14.1. The van der Waals surface area contributed by atoms with E-state index in [1.807, 2.05) is 52.3 Å². The summed E-state index contributed by atoms with van der Waals surface area (Å²) in [6, 6.07) is 84.5. The van der Waals surface area contributed by atoms with Crippen LogP contribution in [0.3, 0.4) is 0 Å². The zero-order valence-corrected chi connectivity index (χ0v) is 40.6. The van der Waals surface area contributed by atoms with Gasteiger partial charge in [0.1, 0.15) is 0 Å². The fourth-order valence-electron chi connectivity index (χ4n) is 7.57. The third-order valence-corrected chi connectivity index (χ3v) is 10.7. The largest absolute Gasteiger partial charge is 0.399 e. The molecule has 2 N–H and O–H groups in total. The Labute approximate surface area is 405 Å². The lowest BCUT2D eigenvalue weighted by Gasteiger charge is -2.14. The lowest BCUT2D eigenvalue weighted by Crippen LogP contribution is -1.90. The summed E-state index contributed by atoms with van der Waals surface area (Å²) < 4.78 is 0. The average molecular weight is 1060 g/mol. The number of alkyl halides is 2. The Kier molecular flexibility index (Phi) is 18.4. The number of halogens is 3. The number of benzene rings is 10. The van der Waals surface area contributed by atoms with Gasteiger partial charge in [-0.1, -0.05) is 275 Å². The Morgan fingerprint density at radius 1 is 0.333 bits per heavy atom. The van der Waals surface area contributed by atoms with Crippen LogP contribution in [0.1, 0.15) is 11.1 Å². The normalized spacial score (nSPS) is 10.1. The molecular formula is C59H50ClI2N. The van der Waals surface area contributed by atoms with Gasteiger partial charge < -0.3 is 5.73 Å². The number of rotatable bonds is 6. The number of fused-ring (bicyclic) bond motifs is 2. The fraction of sp³-hybridized carbons (Fsp3) is 0.0508. The number of para-hydroxylation sites is 1. The van der Waals surface area contributed by atoms with Crippen LogP contribution in [0.2, 0.25) is 5.02 Å². The lowest BCUT2D eigenvalue weighted by molar-refractivity contribution is 1.19. The summed E-state index contributed by atoms with van der Waals surface area (Å²) in [5.41, 5.74) is 18.9. The molecule has 0 aromatic heterocycles. The number of hydrogen-bond acceptors (Lipinski definition) is 1. The minimum atomic E-state index is 0.760. The van der Waals surface area contributed by atoms with Crippen LogP contribution in [0.15, 0.2) is 243 Å². The van der Waals surface area contributed by atoms with Crippen molar-refractivity contribution < 1.29 is 0 Å². The SMILES string of the molecule is CI.CI.Clc1ccc(-c2ccc3ccccc3c2-c2ccccc2)cc1.Nc1ccccc1.c1ccc(Cc2ccc(-c3ccc4ccccc4c3-c3ccccc3)cc2)cc1. The summed E-state index contributed by atoms with van der Waals surface area (Å²) in [5, 5.41) is 5.85. The number of hydrogen-bond donors (Lipinski definition) is 1. The quantitative estimate of drug-likeness (QED) is 0.100. The highest BCUT2D eigenvalue weighted by Gasteiger charge is 2.13. The monoisotopic (exact) mass is 1060 g/mol. The first-order valence-electron chi connectivity index (χ1n) is 20.7. The first-order valence-corrected chi connectivity index (χ1v) is 25.4. The minimum absolute atomic E-state index is 0.760. The smallest absolute Gasteiger partial charge is 0.0406 e. The Hall–Kier alpha value is -5.73. The van der Waals surface area contributed by atoms with Gasteiger partial charge in [0, 0.05) is 10.7 Å². The van der Waals surface area contributed by atoms with Gasteiger partial charge in [-0.25, -0.2) is 0 Å². The summed E-state index contributed by atoms with van der Waals surface area (Å²) >= 11 is 10.4. The van der Waals surface area contributed by atoms with Gasteiger partial charge in [-0.2, -0.15) is 0 Å². The highest BCUT2D eigenvalue weighted by Crippen LogP contribution is 2.40. The second kappa shape index (κ2) is 24.8. The number of anilines is 1. The molecule has 10 aromatic rings. The number of nitrogen functional groups attached to an aromatic ring is 1. The van der Waals surface area contributed by atoms with Crippen LogP contribution >= 0.6 is 56.8 Å². The number of nitrogens with two attached hydrogens (primary N) is 1. The van der Waals surface area contributed by atoms with Gasteiger partial charge in [0.2, 0.25) is 0 Å². The first kappa shape index (κ1) is 46.8. The highest BCUT2D eigenvalue weighted by atomic mass is 127. The first-order chi connectivity index (χ1) is 31.1. The molecule has 63 heavy (non-hydrogen) atoms. The summed E-state index contributed by atoms with van der Waals surface area (Å²) in [5.74, 6) is 0. The minimum Gasteiger partial charge on any atom is -0.399 e. The zero-order chi connectivity index (χ0) is 44.2. The van der Waals surface area contributed by atoms with E-state index in [1.165, 1.54) is 77.2 Å². The molecule has 0 spiro atoms. The molecule has 0 aliphatic carbocycles. The van der Waals surface area contributed by atoms with E-state index in [0.717, 1.165) is 17.1 Å². The molecular weight excluding hydrogens is 1010 g/mol. The summed E-state index contributed by atoms with van der Waals surface area (Å²) in [6.45, 7) is 0. The van der Waals surface area contributed by atoms with Gasteiger partial charge in [0.25, 0.3) is 0 Å². The third-order valence-electron chi connectivity index (χ3n) is 10.5. The molecule has 1 nitrogen and oxygen atoms in total. The molecule has 0 heterocycles. The van der Waals surface area contributed by atoms with Crippen molar-refractivity contribution >= 4 is 84.0 Å². The van der Waals surface area contributed by atoms with Crippen molar-refractivity contribution in [3.8, 4) is 44.5 Å².